The highest BCUT2D eigenvalue weighted by Crippen LogP contribution is 2.17. The zero-order valence-corrected chi connectivity index (χ0v) is 53.8. The fraction of sp³-hybridized carbons (Fsp3) is 0.740. The van der Waals surface area contributed by atoms with Crippen LogP contribution in [0.25, 0.3) is 0 Å². The molecule has 9 nitrogen and oxygen atoms in total. The minimum absolute atomic E-state index is 0.146. The summed E-state index contributed by atoms with van der Waals surface area (Å²) in [4.78, 5) is 37.4. The number of hydrogen-bond acceptors (Lipinski definition) is 8. The summed E-state index contributed by atoms with van der Waals surface area (Å²) >= 11 is 0. The van der Waals surface area contributed by atoms with E-state index in [1.165, 1.54) is 167 Å². The van der Waals surface area contributed by atoms with Crippen LogP contribution < -0.4 is 5.11 Å². The van der Waals surface area contributed by atoms with Crippen LogP contribution in [0.5, 0.6) is 0 Å². The van der Waals surface area contributed by atoms with E-state index in [9.17, 15) is 19.5 Å². The van der Waals surface area contributed by atoms with Gasteiger partial charge in [0.05, 0.1) is 40.3 Å². The maximum absolute atomic E-state index is 12.9. The lowest BCUT2D eigenvalue weighted by atomic mass is 10.0. The Labute approximate surface area is 505 Å². The lowest BCUT2D eigenvalue weighted by molar-refractivity contribution is -0.870. The van der Waals surface area contributed by atoms with Gasteiger partial charge in [0.2, 0.25) is 0 Å². The van der Waals surface area contributed by atoms with E-state index in [1.807, 2.05) is 21.1 Å². The molecule has 0 heterocycles. The molecule has 0 aliphatic rings. The van der Waals surface area contributed by atoms with Gasteiger partial charge in [0.25, 0.3) is 0 Å². The van der Waals surface area contributed by atoms with Gasteiger partial charge in [-0.25, -0.2) is 0 Å². The Morgan fingerprint density at radius 2 is 0.695 bits per heavy atom. The van der Waals surface area contributed by atoms with Crippen LogP contribution in [0.15, 0.2) is 97.2 Å². The lowest BCUT2D eigenvalue weighted by Crippen LogP contribution is -2.44. The summed E-state index contributed by atoms with van der Waals surface area (Å²) in [6.45, 7) is 4.66. The average Bonchev–Trinajstić information content (AvgIpc) is 3.47. The molecule has 0 saturated heterocycles. The third-order valence-corrected chi connectivity index (χ3v) is 14.6. The highest BCUT2D eigenvalue weighted by Gasteiger charge is 2.22. The Balaban J connectivity index is 4.12. The number of allylic oxidation sites excluding steroid dienone is 16. The monoisotopic (exact) mass is 1150 g/mol. The molecule has 2 atom stereocenters. The second-order valence-electron chi connectivity index (χ2n) is 23.7. The Kier molecular flexibility index (Phi) is 60.3. The first-order valence-electron chi connectivity index (χ1n) is 33.9. The minimum atomic E-state index is -1.62. The molecule has 0 spiro atoms. The topological polar surface area (TPSA) is 111 Å². The smallest absolute Gasteiger partial charge is 0.306 e. The summed E-state index contributed by atoms with van der Waals surface area (Å²) in [7, 11) is 5.93. The van der Waals surface area contributed by atoms with Gasteiger partial charge in [-0.2, -0.15) is 0 Å². The second-order valence-corrected chi connectivity index (χ2v) is 23.7. The van der Waals surface area contributed by atoms with Gasteiger partial charge in [-0.15, -0.1) is 0 Å². The van der Waals surface area contributed by atoms with Crippen molar-refractivity contribution in [1.82, 2.24) is 0 Å². The maximum atomic E-state index is 12.9. The Morgan fingerprint density at radius 1 is 0.378 bits per heavy atom. The Bertz CT molecular complexity index is 1670. The molecule has 82 heavy (non-hydrogen) atoms. The van der Waals surface area contributed by atoms with Crippen LogP contribution in [0.1, 0.15) is 290 Å². The third-order valence-electron chi connectivity index (χ3n) is 14.6. The highest BCUT2D eigenvalue weighted by molar-refractivity contribution is 5.70. The molecule has 0 fully saturated rings. The number of carbonyl (C=O) groups is 3. The zero-order valence-electron chi connectivity index (χ0n) is 53.8. The number of esters is 2. The van der Waals surface area contributed by atoms with Gasteiger partial charge < -0.3 is 33.3 Å². The molecule has 9 heteroatoms. The predicted octanol–water partition coefficient (Wildman–Crippen LogP) is 19.5. The molecule has 0 aromatic heterocycles. The van der Waals surface area contributed by atoms with Gasteiger partial charge in [-0.05, 0) is 77.0 Å². The van der Waals surface area contributed by atoms with Gasteiger partial charge in [0.1, 0.15) is 13.2 Å². The van der Waals surface area contributed by atoms with E-state index >= 15 is 0 Å². The van der Waals surface area contributed by atoms with E-state index in [0.29, 0.717) is 23.9 Å². The van der Waals surface area contributed by atoms with Crippen LogP contribution in [0.4, 0.5) is 0 Å². The number of ether oxygens (including phenoxy) is 4. The fourth-order valence-corrected chi connectivity index (χ4v) is 9.44. The Hall–Kier alpha value is -3.79. The van der Waals surface area contributed by atoms with E-state index in [0.717, 1.165) is 89.9 Å². The molecule has 0 saturated carbocycles. The molecule has 2 unspecified atom stereocenters. The zero-order chi connectivity index (χ0) is 59.8. The lowest BCUT2D eigenvalue weighted by Gasteiger charge is -2.26. The van der Waals surface area contributed by atoms with Crippen molar-refractivity contribution in [3.63, 3.8) is 0 Å². The maximum Gasteiger partial charge on any atom is 0.306 e. The van der Waals surface area contributed by atoms with Crippen LogP contribution in [0.3, 0.4) is 0 Å². The number of carboxylic acids is 1. The van der Waals surface area contributed by atoms with E-state index < -0.39 is 24.3 Å². The first kappa shape index (κ1) is 78.2. The molecular weight excluding hydrogens is 1020 g/mol. The molecule has 0 rings (SSSR count). The summed E-state index contributed by atoms with van der Waals surface area (Å²) in [6.07, 6.45) is 83.3. The molecule has 0 radical (unpaired) electrons. The molecule has 0 amide bonds. The number of rotatable bonds is 62. The second kappa shape index (κ2) is 63.2. The minimum Gasteiger partial charge on any atom is -0.545 e. The first-order chi connectivity index (χ1) is 40.1. The van der Waals surface area contributed by atoms with E-state index in [1.54, 1.807) is 0 Å². The van der Waals surface area contributed by atoms with Crippen molar-refractivity contribution >= 4 is 17.9 Å². The highest BCUT2D eigenvalue weighted by atomic mass is 16.7. The molecule has 472 valence electrons. The van der Waals surface area contributed by atoms with Gasteiger partial charge in [0, 0.05) is 12.8 Å². The molecule has 0 aliphatic heterocycles. The molecule has 0 bridgehead atoms. The van der Waals surface area contributed by atoms with Crippen molar-refractivity contribution in [2.45, 2.75) is 302 Å². The average molecular weight is 1150 g/mol. The molecule has 0 aromatic carbocycles. The van der Waals surface area contributed by atoms with Crippen LogP contribution in [-0.4, -0.2) is 82.3 Å². The third kappa shape index (κ3) is 63.8. The number of likely N-dealkylation sites (N-methyl/N-ethyl adjacent to an activating group) is 1. The molecule has 0 N–H and O–H groups in total. The number of hydrogen-bond donors (Lipinski definition) is 0. The number of quaternary nitrogens is 1. The van der Waals surface area contributed by atoms with Crippen molar-refractivity contribution in [3.05, 3.63) is 97.2 Å². The summed E-state index contributed by atoms with van der Waals surface area (Å²) < 4.78 is 22.8. The van der Waals surface area contributed by atoms with Gasteiger partial charge in [-0.1, -0.05) is 297 Å². The SMILES string of the molecule is CC/C=C\C/C=C\C/C=C\C/C=C\C/C=C\C/C=C\C/C=C\C/C=C\CCCCCCCCCCCCCCC(=O)OC(COC(=O)CCCCCCCCCCCCCCCCCCCCCC)COC(OCC[N+](C)(C)C)C(=O)[O-]. The van der Waals surface area contributed by atoms with E-state index in [4.69, 9.17) is 18.9 Å². The van der Waals surface area contributed by atoms with Crippen molar-refractivity contribution in [2.75, 3.05) is 47.5 Å². The van der Waals surface area contributed by atoms with Crippen LogP contribution in [0.2, 0.25) is 0 Å². The van der Waals surface area contributed by atoms with Crippen molar-refractivity contribution in [2.24, 2.45) is 0 Å². The summed E-state index contributed by atoms with van der Waals surface area (Å²) in [5, 5.41) is 11.8. The number of carboxylic acid groups (broad SMARTS) is 1. The fourth-order valence-electron chi connectivity index (χ4n) is 9.44. The summed E-state index contributed by atoms with van der Waals surface area (Å²) in [5.74, 6) is -2.27. The van der Waals surface area contributed by atoms with Crippen LogP contribution in [-0.2, 0) is 33.3 Å². The first-order valence-corrected chi connectivity index (χ1v) is 33.9. The quantitative estimate of drug-likeness (QED) is 0.0195. The Morgan fingerprint density at radius 3 is 1.04 bits per heavy atom. The van der Waals surface area contributed by atoms with Crippen molar-refractivity contribution in [3.8, 4) is 0 Å². The van der Waals surface area contributed by atoms with Gasteiger partial charge in [0.15, 0.2) is 12.4 Å². The largest absolute Gasteiger partial charge is 0.545 e. The van der Waals surface area contributed by atoms with E-state index in [2.05, 4.69) is 111 Å². The number of aliphatic carboxylic acids is 1. The van der Waals surface area contributed by atoms with Crippen molar-refractivity contribution < 1.29 is 42.9 Å². The predicted molar refractivity (Wildman–Crippen MR) is 347 cm³/mol. The van der Waals surface area contributed by atoms with Gasteiger partial charge in [-0.3, -0.25) is 9.59 Å². The molecular formula is C73H127NO8. The normalized spacial score (nSPS) is 13.3. The molecule has 0 aromatic rings. The van der Waals surface area contributed by atoms with E-state index in [-0.39, 0.29) is 32.2 Å². The van der Waals surface area contributed by atoms with Crippen LogP contribution >= 0.6 is 0 Å². The van der Waals surface area contributed by atoms with Gasteiger partial charge >= 0.3 is 11.9 Å². The molecule has 0 aliphatic carbocycles. The summed E-state index contributed by atoms with van der Waals surface area (Å²) in [5.41, 5.74) is 0. The summed E-state index contributed by atoms with van der Waals surface area (Å²) in [6, 6.07) is 0. The van der Waals surface area contributed by atoms with Crippen molar-refractivity contribution in [1.29, 1.82) is 0 Å². The standard InChI is InChI=1S/C73H127NO8/c1-6-8-10-12-14-16-18-20-22-24-26-28-29-30-31-32-33-34-35-36-37-38-39-40-41-42-43-44-46-48-50-52-54-56-58-60-62-64-71(76)82-69(68-81-73(72(77)78)79-66-65-74(3,4)5)67-80-70(75)63-61-59-57-55-53-51-49-47-45-27-25-23-21-19-17-15-13-11-9-7-2/h8,10,14,16,20,22,26,28,30-31,33-34,36-37,39-40,69,73H,6-7,9,11-13,15,17-19,21,23-25,27,29,32,35,38,41-68H2,1-5H3/b10-8-,16-14-,22-20-,28-26-,31-30-,34-33-,37-36-,40-39-. The number of unbranched alkanes of at least 4 members (excludes halogenated alkanes) is 31. The number of carbonyl (C=O) groups excluding carboxylic acids is 3. The number of nitrogens with zero attached hydrogens (tertiary/aromatic N) is 1. The van der Waals surface area contributed by atoms with Crippen LogP contribution in [0, 0.1) is 0 Å².